The third-order valence-corrected chi connectivity index (χ3v) is 3.43. The summed E-state index contributed by atoms with van der Waals surface area (Å²) >= 11 is 6.11. The second-order valence-corrected chi connectivity index (χ2v) is 5.63. The normalized spacial score (nSPS) is 29.3. The van der Waals surface area contributed by atoms with Crippen molar-refractivity contribution in [2.45, 2.75) is 57.6 Å². The lowest BCUT2D eigenvalue weighted by Crippen LogP contribution is -2.64. The van der Waals surface area contributed by atoms with Crippen LogP contribution in [0.5, 0.6) is 0 Å². The number of rotatable bonds is 5. The Hall–Kier alpha value is -1.87. The van der Waals surface area contributed by atoms with E-state index in [4.69, 9.17) is 30.5 Å². The molecule has 1 N–H and O–H groups in total. The van der Waals surface area contributed by atoms with Crippen LogP contribution in [0.15, 0.2) is 0 Å². The molecule has 0 saturated carbocycles. The van der Waals surface area contributed by atoms with E-state index in [9.17, 15) is 19.2 Å². The van der Waals surface area contributed by atoms with E-state index in [-0.39, 0.29) is 6.61 Å². The summed E-state index contributed by atoms with van der Waals surface area (Å²) in [7, 11) is 0. The van der Waals surface area contributed by atoms with Crippen molar-refractivity contribution in [1.29, 1.82) is 0 Å². The van der Waals surface area contributed by atoms with Crippen LogP contribution in [-0.2, 0) is 38.1 Å². The number of carbonyl (C=O) groups is 4. The smallest absolute Gasteiger partial charge is 0.303 e. The largest absolute Gasteiger partial charge is 0.463 e. The molecule has 0 aromatic rings. The van der Waals surface area contributed by atoms with Crippen LogP contribution in [0, 0.1) is 0 Å². The zero-order chi connectivity index (χ0) is 18.4. The molecule has 1 amide bonds. The molecule has 0 unspecified atom stereocenters. The van der Waals surface area contributed by atoms with Gasteiger partial charge in [0.05, 0.1) is 0 Å². The summed E-state index contributed by atoms with van der Waals surface area (Å²) in [6, 6.07) is -0.953. The van der Waals surface area contributed by atoms with Crippen molar-refractivity contribution in [3.8, 4) is 0 Å². The molecule has 24 heavy (non-hydrogen) atoms. The highest BCUT2D eigenvalue weighted by Gasteiger charge is 2.50. The number of amides is 1. The number of ether oxygens (including phenoxy) is 4. The number of alkyl halides is 1. The van der Waals surface area contributed by atoms with Crippen LogP contribution >= 0.6 is 11.6 Å². The Morgan fingerprint density at radius 2 is 1.50 bits per heavy atom. The summed E-state index contributed by atoms with van der Waals surface area (Å²) in [5.74, 6) is -2.33. The van der Waals surface area contributed by atoms with Gasteiger partial charge in [-0.15, -0.1) is 0 Å². The second kappa shape index (κ2) is 8.84. The minimum Gasteiger partial charge on any atom is -0.463 e. The molecule has 1 aliphatic heterocycles. The molecule has 0 radical (unpaired) electrons. The Morgan fingerprint density at radius 3 is 1.96 bits per heavy atom. The number of esters is 3. The highest BCUT2D eigenvalue weighted by molar-refractivity contribution is 6.20. The molecule has 1 aliphatic rings. The van der Waals surface area contributed by atoms with Crippen LogP contribution in [0.4, 0.5) is 0 Å². The molecule has 0 spiro atoms. The highest BCUT2D eigenvalue weighted by atomic mass is 35.5. The van der Waals surface area contributed by atoms with E-state index in [2.05, 4.69) is 5.32 Å². The summed E-state index contributed by atoms with van der Waals surface area (Å²) < 4.78 is 20.7. The SMILES string of the molecule is CC(=O)N[C@H]1[C@@H](OC(C)=O)[C@H](OC(C)=O)[C@H](COC(C)=O)O[C@@H]1Cl. The fourth-order valence-electron chi connectivity index (χ4n) is 2.28. The van der Waals surface area contributed by atoms with E-state index in [1.807, 2.05) is 0 Å². The zero-order valence-corrected chi connectivity index (χ0v) is 14.5. The first-order valence-corrected chi connectivity index (χ1v) is 7.60. The van der Waals surface area contributed by atoms with Crippen molar-refractivity contribution in [2.24, 2.45) is 0 Å². The Kier molecular flexibility index (Phi) is 7.43. The first kappa shape index (κ1) is 20.2. The summed E-state index contributed by atoms with van der Waals surface area (Å²) in [6.07, 6.45) is -3.18. The topological polar surface area (TPSA) is 117 Å². The lowest BCUT2D eigenvalue weighted by molar-refractivity contribution is -0.212. The summed E-state index contributed by atoms with van der Waals surface area (Å²) in [6.45, 7) is 4.51. The molecule has 0 aromatic heterocycles. The van der Waals surface area contributed by atoms with Gasteiger partial charge in [0, 0.05) is 27.7 Å². The number of carbonyl (C=O) groups excluding carboxylic acids is 4. The average Bonchev–Trinajstić information content (AvgIpc) is 2.42. The van der Waals surface area contributed by atoms with Crippen molar-refractivity contribution in [1.82, 2.24) is 5.32 Å². The van der Waals surface area contributed by atoms with E-state index in [1.54, 1.807) is 0 Å². The lowest BCUT2D eigenvalue weighted by Gasteiger charge is -2.43. The van der Waals surface area contributed by atoms with Gasteiger partial charge in [0.15, 0.2) is 17.8 Å². The van der Waals surface area contributed by atoms with Gasteiger partial charge >= 0.3 is 17.9 Å². The van der Waals surface area contributed by atoms with E-state index in [0.717, 1.165) is 13.8 Å². The van der Waals surface area contributed by atoms with Gasteiger partial charge in [-0.1, -0.05) is 11.6 Å². The Labute approximate surface area is 143 Å². The third-order valence-electron chi connectivity index (χ3n) is 3.06. The van der Waals surface area contributed by atoms with Gasteiger partial charge in [0.25, 0.3) is 0 Å². The summed E-state index contributed by atoms with van der Waals surface area (Å²) in [5.41, 5.74) is -1.09. The number of halogens is 1. The van der Waals surface area contributed by atoms with Gasteiger partial charge in [-0.3, -0.25) is 19.2 Å². The number of hydrogen-bond acceptors (Lipinski definition) is 8. The average molecular weight is 366 g/mol. The van der Waals surface area contributed by atoms with Crippen molar-refractivity contribution in [3.05, 3.63) is 0 Å². The standard InChI is InChI=1S/C14H20ClNO8/c1-6(17)16-11-13(23-9(4)20)12(22-8(3)19)10(24-14(11)15)5-21-7(2)18/h10-14H,5H2,1-4H3,(H,16,17)/t10-,11-,12+,13+,14-/m0/s1. The molecular formula is C14H20ClNO8. The predicted octanol–water partition coefficient (Wildman–Crippen LogP) is -0.119. The maximum Gasteiger partial charge on any atom is 0.303 e. The van der Waals surface area contributed by atoms with Gasteiger partial charge in [-0.05, 0) is 0 Å². The van der Waals surface area contributed by atoms with Gasteiger partial charge in [0.1, 0.15) is 18.8 Å². The Morgan fingerprint density at radius 1 is 0.958 bits per heavy atom. The van der Waals surface area contributed by atoms with Crippen molar-refractivity contribution in [2.75, 3.05) is 6.61 Å². The van der Waals surface area contributed by atoms with Gasteiger partial charge in [-0.2, -0.15) is 0 Å². The number of hydrogen-bond donors (Lipinski definition) is 1. The molecule has 1 rings (SSSR count). The maximum absolute atomic E-state index is 11.4. The fourth-order valence-corrected chi connectivity index (χ4v) is 2.62. The van der Waals surface area contributed by atoms with Crippen LogP contribution in [0.25, 0.3) is 0 Å². The molecule has 0 aliphatic carbocycles. The van der Waals surface area contributed by atoms with Gasteiger partial charge in [0.2, 0.25) is 5.91 Å². The minimum absolute atomic E-state index is 0.263. The molecule has 1 saturated heterocycles. The van der Waals surface area contributed by atoms with Crippen LogP contribution in [-0.4, -0.2) is 60.3 Å². The second-order valence-electron chi connectivity index (χ2n) is 5.20. The first-order valence-electron chi connectivity index (χ1n) is 7.16. The summed E-state index contributed by atoms with van der Waals surface area (Å²) in [5, 5.41) is 2.50. The highest BCUT2D eigenvalue weighted by Crippen LogP contribution is 2.28. The van der Waals surface area contributed by atoms with Crippen LogP contribution in [0.1, 0.15) is 27.7 Å². The monoisotopic (exact) mass is 365 g/mol. The van der Waals surface area contributed by atoms with Crippen molar-refractivity contribution >= 4 is 35.4 Å². The first-order chi connectivity index (χ1) is 11.1. The molecule has 10 heteroatoms. The van der Waals surface area contributed by atoms with Crippen LogP contribution in [0.2, 0.25) is 0 Å². The Balaban J connectivity index is 3.11. The number of nitrogens with one attached hydrogen (secondary N) is 1. The van der Waals surface area contributed by atoms with Crippen LogP contribution < -0.4 is 5.32 Å². The Bertz CT molecular complexity index is 511. The fraction of sp³-hybridized carbons (Fsp3) is 0.714. The van der Waals surface area contributed by atoms with E-state index in [0.29, 0.717) is 0 Å². The molecule has 5 atom stereocenters. The minimum atomic E-state index is -1.11. The molecule has 0 aromatic carbocycles. The third kappa shape index (κ3) is 5.97. The molecule has 1 fully saturated rings. The lowest BCUT2D eigenvalue weighted by atomic mass is 9.97. The molecule has 9 nitrogen and oxygen atoms in total. The quantitative estimate of drug-likeness (QED) is 0.407. The van der Waals surface area contributed by atoms with Crippen molar-refractivity contribution in [3.63, 3.8) is 0 Å². The molecule has 1 heterocycles. The maximum atomic E-state index is 11.4. The van der Waals surface area contributed by atoms with Gasteiger partial charge in [-0.25, -0.2) is 0 Å². The van der Waals surface area contributed by atoms with E-state index < -0.39 is 53.7 Å². The zero-order valence-electron chi connectivity index (χ0n) is 13.7. The van der Waals surface area contributed by atoms with Gasteiger partial charge < -0.3 is 24.3 Å². The van der Waals surface area contributed by atoms with E-state index >= 15 is 0 Å². The van der Waals surface area contributed by atoms with Crippen molar-refractivity contribution < 1.29 is 38.1 Å². The van der Waals surface area contributed by atoms with Crippen LogP contribution in [0.3, 0.4) is 0 Å². The molecule has 136 valence electrons. The van der Waals surface area contributed by atoms with E-state index in [1.165, 1.54) is 13.8 Å². The molecular weight excluding hydrogens is 346 g/mol. The summed E-state index contributed by atoms with van der Waals surface area (Å²) in [4.78, 5) is 45.2. The predicted molar refractivity (Wildman–Crippen MR) is 79.9 cm³/mol. The molecule has 0 bridgehead atoms.